The molecule has 1 N–H and O–H groups in total. The van der Waals surface area contributed by atoms with Gasteiger partial charge in [-0.15, -0.1) is 0 Å². The molecule has 0 bridgehead atoms. The van der Waals surface area contributed by atoms with Gasteiger partial charge in [0.05, 0.1) is 24.3 Å². The lowest BCUT2D eigenvalue weighted by Gasteiger charge is -2.33. The summed E-state index contributed by atoms with van der Waals surface area (Å²) in [4.78, 5) is 17.5. The van der Waals surface area contributed by atoms with Gasteiger partial charge in [0.1, 0.15) is 18.2 Å². The molecule has 0 spiro atoms. The van der Waals surface area contributed by atoms with E-state index >= 15 is 0 Å². The van der Waals surface area contributed by atoms with E-state index in [0.29, 0.717) is 23.8 Å². The number of benzene rings is 2. The number of allylic oxidation sites excluding steroid dienone is 1. The number of hydrogen-bond donors (Lipinski definition) is 1. The average Bonchev–Trinajstić information content (AvgIpc) is 3.14. The van der Waals surface area contributed by atoms with Crippen molar-refractivity contribution in [2.75, 3.05) is 46.1 Å². The third kappa shape index (κ3) is 6.00. The minimum Gasteiger partial charge on any atom is -0.478 e. The maximum atomic E-state index is 12.8. The highest BCUT2D eigenvalue weighted by atomic mass is 16.5. The summed E-state index contributed by atoms with van der Waals surface area (Å²) >= 11 is 0. The summed E-state index contributed by atoms with van der Waals surface area (Å²) in [7, 11) is 0. The molecule has 7 heteroatoms. The minimum atomic E-state index is -0.167. The number of aliphatic hydroxyl groups is 1. The number of morpholine rings is 1. The molecule has 3 aliphatic rings. The molecule has 176 valence electrons. The van der Waals surface area contributed by atoms with Crippen LogP contribution in [0.15, 0.2) is 48.2 Å². The summed E-state index contributed by atoms with van der Waals surface area (Å²) < 4.78 is 17.4. The van der Waals surface area contributed by atoms with Gasteiger partial charge in [0.2, 0.25) is 5.78 Å². The van der Waals surface area contributed by atoms with E-state index in [1.54, 1.807) is 19.9 Å². The van der Waals surface area contributed by atoms with Crippen molar-refractivity contribution >= 4 is 11.9 Å². The van der Waals surface area contributed by atoms with Crippen molar-refractivity contribution in [3.63, 3.8) is 0 Å². The van der Waals surface area contributed by atoms with Gasteiger partial charge in [-0.05, 0) is 37.6 Å². The lowest BCUT2D eigenvalue weighted by molar-refractivity contribution is 0.0239. The van der Waals surface area contributed by atoms with Crippen molar-refractivity contribution in [3.8, 4) is 11.5 Å². The van der Waals surface area contributed by atoms with Crippen LogP contribution in [0.5, 0.6) is 11.5 Å². The van der Waals surface area contributed by atoms with Gasteiger partial charge in [-0.25, -0.2) is 0 Å². The van der Waals surface area contributed by atoms with Crippen LogP contribution in [0.4, 0.5) is 0 Å². The molecule has 0 amide bonds. The maximum absolute atomic E-state index is 12.8. The van der Waals surface area contributed by atoms with E-state index in [0.717, 1.165) is 62.8 Å². The lowest BCUT2D eigenvalue weighted by Crippen LogP contribution is -2.43. The van der Waals surface area contributed by atoms with Crippen molar-refractivity contribution in [1.82, 2.24) is 9.80 Å². The van der Waals surface area contributed by atoms with Crippen LogP contribution in [0.3, 0.4) is 0 Å². The zero-order valence-corrected chi connectivity index (χ0v) is 19.3. The molecule has 0 atom stereocenters. The number of Topliss-reactive ketones (excluding diaryl/α,β-unsaturated/α-hetero) is 1. The van der Waals surface area contributed by atoms with E-state index in [1.807, 2.05) is 42.5 Å². The van der Waals surface area contributed by atoms with Crippen LogP contribution >= 0.6 is 0 Å². The van der Waals surface area contributed by atoms with Crippen LogP contribution in [-0.4, -0.2) is 72.9 Å². The molecule has 0 radical (unpaired) electrons. The predicted octanol–water partition coefficient (Wildman–Crippen LogP) is 3.17. The van der Waals surface area contributed by atoms with Gasteiger partial charge < -0.3 is 19.3 Å². The lowest BCUT2D eigenvalue weighted by atomic mass is 10.0. The normalized spacial score (nSPS) is 19.4. The molecule has 0 aromatic heterocycles. The summed E-state index contributed by atoms with van der Waals surface area (Å²) in [5.41, 5.74) is 2.52. The van der Waals surface area contributed by atoms with Crippen LogP contribution in [-0.2, 0) is 11.3 Å². The monoisotopic (exact) mass is 452 g/mol. The molecule has 0 saturated carbocycles. The van der Waals surface area contributed by atoms with Crippen LogP contribution < -0.4 is 9.47 Å². The van der Waals surface area contributed by atoms with Gasteiger partial charge in [-0.2, -0.15) is 0 Å². The first-order chi connectivity index (χ1) is 16.0. The highest BCUT2D eigenvalue weighted by molar-refractivity contribution is 6.15. The number of aliphatic hydroxyl groups excluding tert-OH is 1. The molecule has 2 aromatic carbocycles. The zero-order chi connectivity index (χ0) is 23.2. The van der Waals surface area contributed by atoms with E-state index in [9.17, 15) is 4.79 Å². The first-order valence-electron chi connectivity index (χ1n) is 11.5. The number of carbonyl (C=O) groups excluding carboxylic acids is 1. The Labute approximate surface area is 195 Å². The van der Waals surface area contributed by atoms with Crippen LogP contribution in [0.1, 0.15) is 35.3 Å². The van der Waals surface area contributed by atoms with Crippen molar-refractivity contribution in [3.05, 3.63) is 64.9 Å². The highest BCUT2D eigenvalue weighted by Gasteiger charge is 2.33. The molecule has 1 saturated heterocycles. The van der Waals surface area contributed by atoms with Gasteiger partial charge in [0.15, 0.2) is 5.76 Å². The zero-order valence-electron chi connectivity index (χ0n) is 19.3. The second kappa shape index (κ2) is 10.9. The Kier molecular flexibility index (Phi) is 7.77. The van der Waals surface area contributed by atoms with Gasteiger partial charge in [0.25, 0.3) is 0 Å². The van der Waals surface area contributed by atoms with Crippen molar-refractivity contribution in [1.29, 1.82) is 0 Å². The summed E-state index contributed by atoms with van der Waals surface area (Å²) in [5.74, 6) is 1.74. The molecule has 3 heterocycles. The smallest absolute Gasteiger partial charge is 0.231 e. The fourth-order valence-corrected chi connectivity index (χ4v) is 3.96. The van der Waals surface area contributed by atoms with E-state index in [4.69, 9.17) is 19.3 Å². The van der Waals surface area contributed by atoms with E-state index in [-0.39, 0.29) is 11.9 Å². The topological polar surface area (TPSA) is 71.5 Å². The Morgan fingerprint density at radius 3 is 2.45 bits per heavy atom. The number of ether oxygens (including phenoxy) is 3. The van der Waals surface area contributed by atoms with Gasteiger partial charge in [-0.1, -0.05) is 30.3 Å². The van der Waals surface area contributed by atoms with Crippen molar-refractivity contribution < 1.29 is 24.1 Å². The summed E-state index contributed by atoms with van der Waals surface area (Å²) in [5, 5.41) is 8.06. The SMILES string of the molecule is CC(C)O.O=C1C(=Cc2ccccc2)Oc2c1ccc1c2CN(CCN2CCOCC2)CO1. The fourth-order valence-electron chi connectivity index (χ4n) is 3.96. The van der Waals surface area contributed by atoms with E-state index in [1.165, 1.54) is 0 Å². The quantitative estimate of drug-likeness (QED) is 0.715. The predicted molar refractivity (Wildman–Crippen MR) is 126 cm³/mol. The number of ketones is 1. The summed E-state index contributed by atoms with van der Waals surface area (Å²) in [6, 6.07) is 13.5. The maximum Gasteiger partial charge on any atom is 0.231 e. The standard InChI is InChI=1S/C23H24N2O4.C3H8O/c26-22-18-6-7-20-19(23(18)29-21(22)14-17-4-2-1-3-5-17)15-25(16-28-20)9-8-24-10-12-27-13-11-24;1-3(2)4/h1-7,14H,8-13,15-16H2;3-4H,1-2H3. The van der Waals surface area contributed by atoms with Crippen LogP contribution in [0.2, 0.25) is 0 Å². The number of nitrogens with zero attached hydrogens (tertiary/aromatic N) is 2. The highest BCUT2D eigenvalue weighted by Crippen LogP contribution is 2.41. The summed E-state index contributed by atoms with van der Waals surface area (Å²) in [6.07, 6.45) is 1.63. The second-order valence-corrected chi connectivity index (χ2v) is 8.64. The first-order valence-corrected chi connectivity index (χ1v) is 11.5. The minimum absolute atomic E-state index is 0.0721. The average molecular weight is 453 g/mol. The number of rotatable bonds is 4. The number of carbonyl (C=O) groups is 1. The Balaban J connectivity index is 0.000000601. The molecule has 1 fully saturated rings. The third-order valence-corrected chi connectivity index (χ3v) is 5.62. The van der Waals surface area contributed by atoms with Crippen LogP contribution in [0.25, 0.3) is 6.08 Å². The Morgan fingerprint density at radius 1 is 1.03 bits per heavy atom. The van der Waals surface area contributed by atoms with E-state index < -0.39 is 0 Å². The molecule has 7 nitrogen and oxygen atoms in total. The molecular formula is C26H32N2O5. The van der Waals surface area contributed by atoms with Gasteiger partial charge in [-0.3, -0.25) is 14.6 Å². The molecule has 33 heavy (non-hydrogen) atoms. The van der Waals surface area contributed by atoms with Crippen LogP contribution in [0, 0.1) is 0 Å². The molecule has 0 unspecified atom stereocenters. The van der Waals surface area contributed by atoms with Crippen molar-refractivity contribution in [2.24, 2.45) is 0 Å². The molecule has 5 rings (SSSR count). The summed E-state index contributed by atoms with van der Waals surface area (Å²) in [6.45, 7) is 10.2. The van der Waals surface area contributed by atoms with E-state index in [2.05, 4.69) is 9.80 Å². The third-order valence-electron chi connectivity index (χ3n) is 5.62. The second-order valence-electron chi connectivity index (χ2n) is 8.64. The Morgan fingerprint density at radius 2 is 1.73 bits per heavy atom. The van der Waals surface area contributed by atoms with Crippen molar-refractivity contribution in [2.45, 2.75) is 26.5 Å². The molecule has 3 aliphatic heterocycles. The largest absolute Gasteiger partial charge is 0.478 e. The Hall–Kier alpha value is -2.71. The number of hydrogen-bond acceptors (Lipinski definition) is 7. The Bertz CT molecular complexity index is 981. The fraction of sp³-hybridized carbons (Fsp3) is 0.423. The molecule has 0 aliphatic carbocycles. The number of fused-ring (bicyclic) bond motifs is 3. The van der Waals surface area contributed by atoms with Gasteiger partial charge >= 0.3 is 0 Å². The molecular weight excluding hydrogens is 420 g/mol. The first kappa shape index (κ1) is 23.4. The van der Waals surface area contributed by atoms with Gasteiger partial charge in [0, 0.05) is 38.8 Å². The molecule has 2 aromatic rings.